The maximum absolute atomic E-state index is 13.7. The number of nitrogens with zero attached hydrogens (tertiary/aromatic N) is 2. The van der Waals surface area contributed by atoms with Crippen molar-refractivity contribution in [3.8, 4) is 5.69 Å². The van der Waals surface area contributed by atoms with Gasteiger partial charge in [-0.2, -0.15) is 18.3 Å². The normalized spacial score (nSPS) is 11.4. The highest BCUT2D eigenvalue weighted by molar-refractivity contribution is 7.99. The fourth-order valence-corrected chi connectivity index (χ4v) is 3.72. The van der Waals surface area contributed by atoms with Crippen LogP contribution in [0.2, 0.25) is 0 Å². The standard InChI is InChI=1S/C21H20F3N3OS/c1-15-8-5-6-11-18(15)27-19(21(22,23)24)17(14-26-27)20(28)25-12-7-13-29-16-9-3-2-4-10-16/h2-6,8-11,14H,7,12-13H2,1H3,(H,25,28). The molecule has 0 aliphatic heterocycles. The number of carbonyl (C=O) groups is 1. The lowest BCUT2D eigenvalue weighted by Crippen LogP contribution is -2.27. The molecule has 3 aromatic rings. The molecular formula is C21H20F3N3OS. The number of aromatic nitrogens is 2. The van der Waals surface area contributed by atoms with E-state index in [2.05, 4.69) is 10.4 Å². The number of thioether (sulfide) groups is 1. The van der Waals surface area contributed by atoms with Crippen LogP contribution in [0.5, 0.6) is 0 Å². The zero-order valence-electron chi connectivity index (χ0n) is 15.7. The molecule has 152 valence electrons. The predicted octanol–water partition coefficient (Wildman–Crippen LogP) is 5.11. The second-order valence-electron chi connectivity index (χ2n) is 6.37. The average molecular weight is 419 g/mol. The lowest BCUT2D eigenvalue weighted by atomic mass is 10.1. The lowest BCUT2D eigenvalue weighted by Gasteiger charge is -2.14. The summed E-state index contributed by atoms with van der Waals surface area (Å²) in [5.74, 6) is -0.0271. The number of aryl methyl sites for hydroxylation is 1. The van der Waals surface area contributed by atoms with E-state index in [0.717, 1.165) is 21.5 Å². The molecule has 0 aliphatic rings. The van der Waals surface area contributed by atoms with Crippen molar-refractivity contribution in [3.63, 3.8) is 0 Å². The molecule has 2 aromatic carbocycles. The summed E-state index contributed by atoms with van der Waals surface area (Å²) >= 11 is 1.63. The summed E-state index contributed by atoms with van der Waals surface area (Å²) in [5.41, 5.74) is -0.622. The van der Waals surface area contributed by atoms with Crippen LogP contribution >= 0.6 is 11.8 Å². The molecule has 0 spiro atoms. The molecule has 1 amide bonds. The van der Waals surface area contributed by atoms with Gasteiger partial charge in [-0.15, -0.1) is 11.8 Å². The minimum atomic E-state index is -4.71. The van der Waals surface area contributed by atoms with Crippen LogP contribution in [0.15, 0.2) is 65.7 Å². The monoisotopic (exact) mass is 419 g/mol. The van der Waals surface area contributed by atoms with Gasteiger partial charge in [-0.05, 0) is 42.9 Å². The quantitative estimate of drug-likeness (QED) is 0.428. The third-order valence-electron chi connectivity index (χ3n) is 4.24. The van der Waals surface area contributed by atoms with Crippen LogP contribution in [0.1, 0.15) is 28.0 Å². The predicted molar refractivity (Wildman–Crippen MR) is 107 cm³/mol. The van der Waals surface area contributed by atoms with E-state index in [1.165, 1.54) is 0 Å². The molecule has 29 heavy (non-hydrogen) atoms. The van der Waals surface area contributed by atoms with Crippen LogP contribution in [-0.2, 0) is 6.18 Å². The Bertz CT molecular complexity index is 971. The number of carbonyl (C=O) groups excluding carboxylic acids is 1. The number of nitrogens with one attached hydrogen (secondary N) is 1. The number of benzene rings is 2. The second-order valence-corrected chi connectivity index (χ2v) is 7.54. The van der Waals surface area contributed by atoms with Gasteiger partial charge in [-0.25, -0.2) is 4.68 Å². The van der Waals surface area contributed by atoms with Crippen molar-refractivity contribution in [2.45, 2.75) is 24.4 Å². The minimum Gasteiger partial charge on any atom is -0.352 e. The Balaban J connectivity index is 1.68. The van der Waals surface area contributed by atoms with Gasteiger partial charge in [0.1, 0.15) is 0 Å². The van der Waals surface area contributed by atoms with Crippen molar-refractivity contribution < 1.29 is 18.0 Å². The molecule has 0 fully saturated rings. The lowest BCUT2D eigenvalue weighted by molar-refractivity contribution is -0.143. The van der Waals surface area contributed by atoms with Gasteiger partial charge >= 0.3 is 6.18 Å². The number of amides is 1. The van der Waals surface area contributed by atoms with Gasteiger partial charge < -0.3 is 5.32 Å². The second kappa shape index (κ2) is 9.17. The Morgan fingerprint density at radius 2 is 1.79 bits per heavy atom. The number of hydrogen-bond donors (Lipinski definition) is 1. The molecule has 0 saturated carbocycles. The van der Waals surface area contributed by atoms with E-state index in [0.29, 0.717) is 12.0 Å². The van der Waals surface area contributed by atoms with Crippen molar-refractivity contribution in [1.82, 2.24) is 15.1 Å². The number of alkyl halides is 3. The van der Waals surface area contributed by atoms with Crippen molar-refractivity contribution in [2.75, 3.05) is 12.3 Å². The summed E-state index contributed by atoms with van der Waals surface area (Å²) in [6, 6.07) is 16.4. The number of para-hydroxylation sites is 1. The fourth-order valence-electron chi connectivity index (χ4n) is 2.85. The maximum atomic E-state index is 13.7. The van der Waals surface area contributed by atoms with Gasteiger partial charge in [0.05, 0.1) is 17.4 Å². The molecule has 8 heteroatoms. The van der Waals surface area contributed by atoms with E-state index in [9.17, 15) is 18.0 Å². The third-order valence-corrected chi connectivity index (χ3v) is 5.34. The Hall–Kier alpha value is -2.74. The van der Waals surface area contributed by atoms with Crippen LogP contribution in [-0.4, -0.2) is 28.0 Å². The Morgan fingerprint density at radius 3 is 2.48 bits per heavy atom. The molecule has 0 atom stereocenters. The van der Waals surface area contributed by atoms with Crippen LogP contribution in [0.25, 0.3) is 5.69 Å². The van der Waals surface area contributed by atoms with Gasteiger partial charge in [-0.3, -0.25) is 4.79 Å². The van der Waals surface area contributed by atoms with E-state index >= 15 is 0 Å². The highest BCUT2D eigenvalue weighted by Crippen LogP contribution is 2.34. The zero-order valence-corrected chi connectivity index (χ0v) is 16.6. The molecule has 0 unspecified atom stereocenters. The van der Waals surface area contributed by atoms with Crippen molar-refractivity contribution in [3.05, 3.63) is 77.6 Å². The summed E-state index contributed by atoms with van der Waals surface area (Å²) in [4.78, 5) is 13.5. The van der Waals surface area contributed by atoms with Crippen molar-refractivity contribution in [2.24, 2.45) is 0 Å². The Kier molecular flexibility index (Phi) is 6.64. The first-order valence-corrected chi connectivity index (χ1v) is 10.0. The van der Waals surface area contributed by atoms with Crippen LogP contribution in [0, 0.1) is 6.92 Å². The molecule has 1 N–H and O–H groups in total. The largest absolute Gasteiger partial charge is 0.434 e. The number of rotatable bonds is 7. The topological polar surface area (TPSA) is 46.9 Å². The summed E-state index contributed by atoms with van der Waals surface area (Å²) in [5, 5.41) is 6.42. The maximum Gasteiger partial charge on any atom is 0.434 e. The van der Waals surface area contributed by atoms with Crippen LogP contribution < -0.4 is 5.32 Å². The van der Waals surface area contributed by atoms with Gasteiger partial charge in [0.15, 0.2) is 5.69 Å². The summed E-state index contributed by atoms with van der Waals surface area (Å²) in [6.45, 7) is 1.98. The first-order chi connectivity index (χ1) is 13.9. The first-order valence-electron chi connectivity index (χ1n) is 9.05. The van der Waals surface area contributed by atoms with Gasteiger partial charge in [0, 0.05) is 11.4 Å². The Labute approximate surface area is 171 Å². The summed E-state index contributed by atoms with van der Waals surface area (Å²) < 4.78 is 41.9. The molecular weight excluding hydrogens is 399 g/mol. The SMILES string of the molecule is Cc1ccccc1-n1ncc(C(=O)NCCCSc2ccccc2)c1C(F)(F)F. The molecule has 4 nitrogen and oxygen atoms in total. The van der Waals surface area contributed by atoms with Crippen molar-refractivity contribution in [1.29, 1.82) is 0 Å². The van der Waals surface area contributed by atoms with E-state index in [4.69, 9.17) is 0 Å². The Morgan fingerprint density at radius 1 is 1.10 bits per heavy atom. The molecule has 1 heterocycles. The van der Waals surface area contributed by atoms with Crippen LogP contribution in [0.4, 0.5) is 13.2 Å². The number of halogens is 3. The third kappa shape index (κ3) is 5.20. The molecule has 0 saturated heterocycles. The molecule has 0 bridgehead atoms. The fraction of sp³-hybridized carbons (Fsp3) is 0.238. The highest BCUT2D eigenvalue weighted by Gasteiger charge is 2.40. The molecule has 0 radical (unpaired) electrons. The highest BCUT2D eigenvalue weighted by atomic mass is 32.2. The molecule has 0 aliphatic carbocycles. The summed E-state index contributed by atoms with van der Waals surface area (Å²) in [6.07, 6.45) is -3.10. The number of hydrogen-bond acceptors (Lipinski definition) is 3. The first kappa shape index (κ1) is 21.0. The molecule has 3 rings (SSSR count). The average Bonchev–Trinajstić information content (AvgIpc) is 3.14. The van der Waals surface area contributed by atoms with Crippen LogP contribution in [0.3, 0.4) is 0 Å². The van der Waals surface area contributed by atoms with Gasteiger partial charge in [0.2, 0.25) is 0 Å². The van der Waals surface area contributed by atoms with Crippen molar-refractivity contribution >= 4 is 17.7 Å². The smallest absolute Gasteiger partial charge is 0.352 e. The minimum absolute atomic E-state index is 0.283. The summed E-state index contributed by atoms with van der Waals surface area (Å²) in [7, 11) is 0. The van der Waals surface area contributed by atoms with Gasteiger partial charge in [-0.1, -0.05) is 36.4 Å². The van der Waals surface area contributed by atoms with Gasteiger partial charge in [0.25, 0.3) is 5.91 Å². The van der Waals surface area contributed by atoms with E-state index in [1.807, 2.05) is 30.3 Å². The van der Waals surface area contributed by atoms with E-state index in [1.54, 1.807) is 43.0 Å². The van der Waals surface area contributed by atoms with E-state index in [-0.39, 0.29) is 12.2 Å². The molecule has 1 aromatic heterocycles. The van der Waals surface area contributed by atoms with E-state index < -0.39 is 23.3 Å². The zero-order chi connectivity index (χ0) is 20.9.